The van der Waals surface area contributed by atoms with Gasteiger partial charge >= 0.3 is 0 Å². The molecule has 114 valence electrons. The predicted octanol–water partition coefficient (Wildman–Crippen LogP) is 3.00. The van der Waals surface area contributed by atoms with Crippen molar-refractivity contribution in [3.63, 3.8) is 0 Å². The number of anilines is 1. The van der Waals surface area contributed by atoms with Crippen LogP contribution in [-0.4, -0.2) is 23.8 Å². The molecule has 1 aromatic carbocycles. The van der Waals surface area contributed by atoms with E-state index in [4.69, 9.17) is 4.74 Å². The van der Waals surface area contributed by atoms with Crippen LogP contribution in [0.15, 0.2) is 42.6 Å². The maximum Gasteiger partial charge on any atom is 0.224 e. The highest BCUT2D eigenvalue weighted by atomic mass is 16.5. The van der Waals surface area contributed by atoms with Crippen LogP contribution >= 0.6 is 0 Å². The van der Waals surface area contributed by atoms with Gasteiger partial charge in [-0.3, -0.25) is 9.59 Å². The highest BCUT2D eigenvalue weighted by molar-refractivity contribution is 5.99. The van der Waals surface area contributed by atoms with Crippen molar-refractivity contribution < 1.29 is 14.3 Å². The molecule has 0 fully saturated rings. The molecule has 1 aromatic heterocycles. The number of nitrogens with one attached hydrogen (secondary N) is 1. The molecule has 5 heteroatoms. The predicted molar refractivity (Wildman–Crippen MR) is 84.2 cm³/mol. The smallest absolute Gasteiger partial charge is 0.224 e. The van der Waals surface area contributed by atoms with E-state index in [2.05, 4.69) is 10.3 Å². The van der Waals surface area contributed by atoms with Gasteiger partial charge in [0.15, 0.2) is 5.78 Å². The number of methoxy groups -OCH3 is 1. The topological polar surface area (TPSA) is 68.3 Å². The molecular weight excluding hydrogens is 280 g/mol. The van der Waals surface area contributed by atoms with Crippen molar-refractivity contribution >= 4 is 17.4 Å². The molecule has 0 radical (unpaired) electrons. The van der Waals surface area contributed by atoms with Crippen molar-refractivity contribution in [1.29, 1.82) is 0 Å². The van der Waals surface area contributed by atoms with Crippen LogP contribution in [0.2, 0.25) is 0 Å². The van der Waals surface area contributed by atoms with Gasteiger partial charge in [0.25, 0.3) is 0 Å². The summed E-state index contributed by atoms with van der Waals surface area (Å²) < 4.78 is 4.94. The van der Waals surface area contributed by atoms with Gasteiger partial charge in [-0.25, -0.2) is 4.98 Å². The summed E-state index contributed by atoms with van der Waals surface area (Å²) in [7, 11) is 1.53. The zero-order valence-electron chi connectivity index (χ0n) is 12.6. The van der Waals surface area contributed by atoms with Crippen molar-refractivity contribution in [2.24, 2.45) is 0 Å². The highest BCUT2D eigenvalue weighted by Crippen LogP contribution is 2.12. The van der Waals surface area contributed by atoms with Gasteiger partial charge in [-0.05, 0) is 13.0 Å². The third-order valence-corrected chi connectivity index (χ3v) is 3.18. The van der Waals surface area contributed by atoms with Crippen LogP contribution in [0.25, 0.3) is 0 Å². The minimum absolute atomic E-state index is 0.0389. The summed E-state index contributed by atoms with van der Waals surface area (Å²) in [4.78, 5) is 27.8. The molecule has 0 atom stereocenters. The molecule has 2 rings (SSSR count). The lowest BCUT2D eigenvalue weighted by Crippen LogP contribution is -2.13. The standard InChI is InChI=1S/C17H18N2O3/c1-12-3-5-13(6-4-12)15(20)8-9-16(21)19-14-7-10-17(22-2)18-11-14/h3-7,10-11H,8-9H2,1-2H3,(H,19,21). The second-order valence-electron chi connectivity index (χ2n) is 4.93. The van der Waals surface area contributed by atoms with E-state index in [1.54, 1.807) is 24.3 Å². The Morgan fingerprint density at radius 3 is 2.41 bits per heavy atom. The lowest BCUT2D eigenvalue weighted by Gasteiger charge is -2.05. The number of ketones is 1. The number of hydrogen-bond acceptors (Lipinski definition) is 4. The molecular formula is C17H18N2O3. The Balaban J connectivity index is 1.84. The first-order valence-electron chi connectivity index (χ1n) is 6.98. The lowest BCUT2D eigenvalue weighted by atomic mass is 10.1. The van der Waals surface area contributed by atoms with Gasteiger partial charge in [-0.15, -0.1) is 0 Å². The van der Waals surface area contributed by atoms with Crippen LogP contribution < -0.4 is 10.1 Å². The molecule has 0 saturated heterocycles. The summed E-state index contributed by atoms with van der Waals surface area (Å²) in [6, 6.07) is 10.7. The number of rotatable bonds is 6. The zero-order chi connectivity index (χ0) is 15.9. The Hall–Kier alpha value is -2.69. The average Bonchev–Trinajstić information content (AvgIpc) is 2.54. The summed E-state index contributed by atoms with van der Waals surface area (Å²) >= 11 is 0. The Morgan fingerprint density at radius 2 is 1.82 bits per heavy atom. The number of carbonyl (C=O) groups is 2. The van der Waals surface area contributed by atoms with Crippen LogP contribution in [0.4, 0.5) is 5.69 Å². The molecule has 0 aliphatic heterocycles. The first kappa shape index (κ1) is 15.7. The number of nitrogens with zero attached hydrogens (tertiary/aromatic N) is 1. The number of hydrogen-bond donors (Lipinski definition) is 1. The van der Waals surface area contributed by atoms with Crippen LogP contribution in [0, 0.1) is 6.92 Å². The molecule has 0 saturated carbocycles. The number of aryl methyl sites for hydroxylation is 1. The number of amides is 1. The largest absolute Gasteiger partial charge is 0.481 e. The summed E-state index contributed by atoms with van der Waals surface area (Å²) in [5.41, 5.74) is 2.30. The summed E-state index contributed by atoms with van der Waals surface area (Å²) in [6.45, 7) is 1.96. The molecule has 1 heterocycles. The second kappa shape index (κ2) is 7.36. The monoisotopic (exact) mass is 298 g/mol. The molecule has 0 bridgehead atoms. The molecule has 2 aromatic rings. The normalized spacial score (nSPS) is 10.1. The minimum Gasteiger partial charge on any atom is -0.481 e. The summed E-state index contributed by atoms with van der Waals surface area (Å²) in [6.07, 6.45) is 1.83. The maximum atomic E-state index is 12.0. The summed E-state index contributed by atoms with van der Waals surface area (Å²) in [5.74, 6) is 0.225. The molecule has 1 amide bonds. The van der Waals surface area contributed by atoms with Crippen molar-refractivity contribution in [3.05, 3.63) is 53.7 Å². The molecule has 0 aliphatic carbocycles. The number of aromatic nitrogens is 1. The Bertz CT molecular complexity index is 649. The fourth-order valence-electron chi connectivity index (χ4n) is 1.91. The molecule has 22 heavy (non-hydrogen) atoms. The highest BCUT2D eigenvalue weighted by Gasteiger charge is 2.09. The van der Waals surface area contributed by atoms with Crippen LogP contribution in [0.3, 0.4) is 0 Å². The summed E-state index contributed by atoms with van der Waals surface area (Å²) in [5, 5.41) is 2.70. The van der Waals surface area contributed by atoms with E-state index in [1.807, 2.05) is 19.1 Å². The number of benzene rings is 1. The fourth-order valence-corrected chi connectivity index (χ4v) is 1.91. The van der Waals surface area contributed by atoms with Crippen LogP contribution in [0.5, 0.6) is 5.88 Å². The zero-order valence-corrected chi connectivity index (χ0v) is 12.6. The first-order valence-corrected chi connectivity index (χ1v) is 6.98. The van der Waals surface area contributed by atoms with Crippen LogP contribution in [-0.2, 0) is 4.79 Å². The Kier molecular flexibility index (Phi) is 5.25. The number of Topliss-reactive ketones (excluding diaryl/α,β-unsaturated/α-hetero) is 1. The van der Waals surface area contributed by atoms with E-state index >= 15 is 0 Å². The molecule has 0 spiro atoms. The van der Waals surface area contributed by atoms with Crippen molar-refractivity contribution in [2.75, 3.05) is 12.4 Å². The van der Waals surface area contributed by atoms with Gasteiger partial charge in [-0.1, -0.05) is 29.8 Å². The number of pyridine rings is 1. The fraction of sp³-hybridized carbons (Fsp3) is 0.235. The maximum absolute atomic E-state index is 12.0. The van der Waals surface area contributed by atoms with E-state index in [0.717, 1.165) is 5.56 Å². The van der Waals surface area contributed by atoms with E-state index < -0.39 is 0 Å². The van der Waals surface area contributed by atoms with Gasteiger partial charge in [0.05, 0.1) is 19.0 Å². The van der Waals surface area contributed by atoms with E-state index in [9.17, 15) is 9.59 Å². The van der Waals surface area contributed by atoms with Crippen molar-refractivity contribution in [2.45, 2.75) is 19.8 Å². The Labute approximate surface area is 129 Å². The lowest BCUT2D eigenvalue weighted by molar-refractivity contribution is -0.116. The van der Waals surface area contributed by atoms with Crippen molar-refractivity contribution in [1.82, 2.24) is 4.98 Å². The molecule has 5 nitrogen and oxygen atoms in total. The number of carbonyl (C=O) groups excluding carboxylic acids is 2. The van der Waals surface area contributed by atoms with Gasteiger partial charge in [0, 0.05) is 24.5 Å². The SMILES string of the molecule is COc1ccc(NC(=O)CCC(=O)c2ccc(C)cc2)cn1. The molecule has 1 N–H and O–H groups in total. The van der Waals surface area contributed by atoms with E-state index in [0.29, 0.717) is 17.1 Å². The third kappa shape index (κ3) is 4.41. The third-order valence-electron chi connectivity index (χ3n) is 3.18. The minimum atomic E-state index is -0.215. The quantitative estimate of drug-likeness (QED) is 0.832. The molecule has 0 aliphatic rings. The van der Waals surface area contributed by atoms with Gasteiger partial charge in [0.1, 0.15) is 0 Å². The first-order chi connectivity index (χ1) is 10.6. The van der Waals surface area contributed by atoms with E-state index in [1.165, 1.54) is 13.3 Å². The van der Waals surface area contributed by atoms with Gasteiger partial charge in [-0.2, -0.15) is 0 Å². The molecule has 0 unspecified atom stereocenters. The van der Waals surface area contributed by atoms with Crippen molar-refractivity contribution in [3.8, 4) is 5.88 Å². The van der Waals surface area contributed by atoms with Gasteiger partial charge in [0.2, 0.25) is 11.8 Å². The van der Waals surface area contributed by atoms with E-state index in [-0.39, 0.29) is 24.5 Å². The number of ether oxygens (including phenoxy) is 1. The Morgan fingerprint density at radius 1 is 1.09 bits per heavy atom. The van der Waals surface area contributed by atoms with Crippen LogP contribution in [0.1, 0.15) is 28.8 Å². The van der Waals surface area contributed by atoms with Gasteiger partial charge < -0.3 is 10.1 Å². The second-order valence-corrected chi connectivity index (χ2v) is 4.93. The average molecular weight is 298 g/mol.